The van der Waals surface area contributed by atoms with Crippen molar-refractivity contribution in [2.75, 3.05) is 25.9 Å². The smallest absolute Gasteiger partial charge is 0.276 e. The second-order valence-electron chi connectivity index (χ2n) is 4.33. The lowest BCUT2D eigenvalue weighted by Crippen LogP contribution is -2.28. The van der Waals surface area contributed by atoms with Crippen molar-refractivity contribution >= 4 is 11.6 Å². The second-order valence-corrected chi connectivity index (χ2v) is 4.33. The Bertz CT molecular complexity index is 389. The number of carbonyl (C=O) groups is 1. The number of nitrogens with two attached hydrogens (primary N) is 1. The van der Waals surface area contributed by atoms with Gasteiger partial charge in [-0.05, 0) is 25.7 Å². The number of hydrogen-bond acceptors (Lipinski definition) is 4. The van der Waals surface area contributed by atoms with E-state index in [1.165, 1.54) is 0 Å². The van der Waals surface area contributed by atoms with Crippen LogP contribution in [0.1, 0.15) is 42.4 Å². The van der Waals surface area contributed by atoms with Gasteiger partial charge < -0.3 is 15.7 Å². The Morgan fingerprint density at radius 3 is 2.72 bits per heavy atom. The molecule has 1 amide bonds. The fraction of sp³-hybridized carbons (Fsp3) is 0.667. The van der Waals surface area contributed by atoms with Gasteiger partial charge in [0.15, 0.2) is 5.69 Å². The van der Waals surface area contributed by atoms with E-state index in [9.17, 15) is 4.79 Å². The van der Waals surface area contributed by atoms with Crippen LogP contribution in [0.4, 0.5) is 5.69 Å². The van der Waals surface area contributed by atoms with E-state index < -0.39 is 0 Å². The number of hydrogen-bond donors (Lipinski definition) is 3. The van der Waals surface area contributed by atoms with Gasteiger partial charge in [-0.2, -0.15) is 5.10 Å². The summed E-state index contributed by atoms with van der Waals surface area (Å²) >= 11 is 0. The molecule has 0 saturated carbocycles. The lowest BCUT2D eigenvalue weighted by Gasteiger charge is -2.15. The summed E-state index contributed by atoms with van der Waals surface area (Å²) in [6.45, 7) is 2.80. The molecule has 1 rings (SSSR count). The maximum absolute atomic E-state index is 12.1. The highest BCUT2D eigenvalue weighted by atomic mass is 16.2. The van der Waals surface area contributed by atoms with E-state index in [0.717, 1.165) is 31.4 Å². The normalized spacial score (nSPS) is 10.6. The number of unbranched alkanes of at least 4 members (excludes halogenated alkanes) is 2. The van der Waals surface area contributed by atoms with Crippen molar-refractivity contribution in [3.8, 4) is 0 Å². The van der Waals surface area contributed by atoms with Gasteiger partial charge in [0.1, 0.15) is 0 Å². The molecule has 0 aliphatic heterocycles. The molecule has 0 aromatic carbocycles. The largest absolute Gasteiger partial charge is 0.396 e. The van der Waals surface area contributed by atoms with E-state index in [4.69, 9.17) is 10.8 Å². The molecular formula is C12H22N4O2. The lowest BCUT2D eigenvalue weighted by molar-refractivity contribution is 0.0787. The van der Waals surface area contributed by atoms with Crippen LogP contribution in [0.2, 0.25) is 0 Å². The Hall–Kier alpha value is -1.56. The Morgan fingerprint density at radius 1 is 1.44 bits per heavy atom. The minimum atomic E-state index is -0.160. The number of anilines is 1. The van der Waals surface area contributed by atoms with Crippen molar-refractivity contribution in [2.45, 2.75) is 32.6 Å². The number of aryl methyl sites for hydroxylation is 1. The molecule has 0 aliphatic rings. The molecule has 6 nitrogen and oxygen atoms in total. The Balaban J connectivity index is 2.54. The number of H-pyrrole nitrogens is 1. The summed E-state index contributed by atoms with van der Waals surface area (Å²) in [6.07, 6.45) is 3.27. The van der Waals surface area contributed by atoms with Gasteiger partial charge in [0.05, 0.1) is 11.4 Å². The molecular weight excluding hydrogens is 232 g/mol. The number of nitrogens with one attached hydrogen (secondary N) is 1. The molecule has 0 radical (unpaired) electrons. The average Bonchev–Trinajstić information content (AvgIpc) is 2.74. The molecule has 102 valence electrons. The van der Waals surface area contributed by atoms with Gasteiger partial charge in [-0.1, -0.05) is 6.92 Å². The van der Waals surface area contributed by atoms with Crippen LogP contribution in [0.15, 0.2) is 0 Å². The molecule has 18 heavy (non-hydrogen) atoms. The number of amides is 1. The van der Waals surface area contributed by atoms with Gasteiger partial charge in [0.25, 0.3) is 5.91 Å². The number of aliphatic hydroxyl groups is 1. The summed E-state index contributed by atoms with van der Waals surface area (Å²) in [7, 11) is 1.74. The fourth-order valence-electron chi connectivity index (χ4n) is 1.74. The van der Waals surface area contributed by atoms with Crippen molar-refractivity contribution in [3.63, 3.8) is 0 Å². The third-order valence-electron chi connectivity index (χ3n) is 2.94. The second kappa shape index (κ2) is 7.00. The van der Waals surface area contributed by atoms with Crippen molar-refractivity contribution < 1.29 is 9.90 Å². The van der Waals surface area contributed by atoms with Gasteiger partial charge in [0.2, 0.25) is 0 Å². The first kappa shape index (κ1) is 14.5. The van der Waals surface area contributed by atoms with Gasteiger partial charge in [-0.3, -0.25) is 9.89 Å². The molecule has 0 saturated heterocycles. The molecule has 0 aliphatic carbocycles. The van der Waals surface area contributed by atoms with E-state index in [-0.39, 0.29) is 12.5 Å². The Morgan fingerprint density at radius 2 is 2.17 bits per heavy atom. The number of aliphatic hydroxyl groups excluding tert-OH is 1. The summed E-state index contributed by atoms with van der Waals surface area (Å²) in [5.74, 6) is -0.160. The van der Waals surface area contributed by atoms with Crippen LogP contribution in [0.25, 0.3) is 0 Å². The summed E-state index contributed by atoms with van der Waals surface area (Å²) in [5, 5.41) is 15.4. The van der Waals surface area contributed by atoms with E-state index in [0.29, 0.717) is 17.9 Å². The molecule has 1 aromatic heterocycles. The highest BCUT2D eigenvalue weighted by Gasteiger charge is 2.19. The van der Waals surface area contributed by atoms with Crippen LogP contribution < -0.4 is 5.73 Å². The SMILES string of the molecule is CCc1[nH]nc(C(=O)N(C)CCCCCO)c1N. The molecule has 0 bridgehead atoms. The lowest BCUT2D eigenvalue weighted by atomic mass is 10.2. The Labute approximate surface area is 107 Å². The molecule has 1 aromatic rings. The topological polar surface area (TPSA) is 95.2 Å². The van der Waals surface area contributed by atoms with Crippen molar-refractivity contribution in [2.24, 2.45) is 0 Å². The van der Waals surface area contributed by atoms with Gasteiger partial charge in [-0.25, -0.2) is 0 Å². The summed E-state index contributed by atoms with van der Waals surface area (Å²) < 4.78 is 0. The van der Waals surface area contributed by atoms with Crippen LogP contribution in [0, 0.1) is 0 Å². The van der Waals surface area contributed by atoms with Crippen LogP contribution in [0.5, 0.6) is 0 Å². The maximum atomic E-state index is 12.1. The zero-order valence-electron chi connectivity index (χ0n) is 11.1. The van der Waals surface area contributed by atoms with Gasteiger partial charge in [0, 0.05) is 20.2 Å². The van der Waals surface area contributed by atoms with Gasteiger partial charge >= 0.3 is 0 Å². The van der Waals surface area contributed by atoms with Crippen LogP contribution >= 0.6 is 0 Å². The molecule has 0 unspecified atom stereocenters. The zero-order valence-corrected chi connectivity index (χ0v) is 11.1. The molecule has 0 spiro atoms. The number of nitrogens with zero attached hydrogens (tertiary/aromatic N) is 2. The van der Waals surface area contributed by atoms with E-state index in [2.05, 4.69) is 10.2 Å². The number of nitrogen functional groups attached to an aromatic ring is 1. The quantitative estimate of drug-likeness (QED) is 0.627. The summed E-state index contributed by atoms with van der Waals surface area (Å²) in [5.41, 5.74) is 7.40. The minimum Gasteiger partial charge on any atom is -0.396 e. The molecule has 0 fully saturated rings. The predicted molar refractivity (Wildman–Crippen MR) is 70.3 cm³/mol. The zero-order chi connectivity index (χ0) is 13.5. The van der Waals surface area contributed by atoms with Crippen LogP contribution in [-0.2, 0) is 6.42 Å². The van der Waals surface area contributed by atoms with Crippen molar-refractivity contribution in [3.05, 3.63) is 11.4 Å². The molecule has 4 N–H and O–H groups in total. The number of rotatable bonds is 7. The van der Waals surface area contributed by atoms with E-state index >= 15 is 0 Å². The van der Waals surface area contributed by atoms with E-state index in [1.54, 1.807) is 11.9 Å². The molecule has 6 heteroatoms. The van der Waals surface area contributed by atoms with Crippen molar-refractivity contribution in [1.29, 1.82) is 0 Å². The third kappa shape index (κ3) is 3.46. The monoisotopic (exact) mass is 254 g/mol. The summed E-state index contributed by atoms with van der Waals surface area (Å²) in [4.78, 5) is 13.7. The van der Waals surface area contributed by atoms with Crippen LogP contribution in [0.3, 0.4) is 0 Å². The molecule has 0 atom stereocenters. The third-order valence-corrected chi connectivity index (χ3v) is 2.94. The molecule has 1 heterocycles. The standard InChI is InChI=1S/C12H22N4O2/c1-3-9-10(13)11(15-14-9)12(18)16(2)7-5-4-6-8-17/h17H,3-8,13H2,1-2H3,(H,14,15). The predicted octanol–water partition coefficient (Wildman–Crippen LogP) is 0.789. The number of aromatic nitrogens is 2. The highest BCUT2D eigenvalue weighted by Crippen LogP contribution is 2.16. The first-order valence-corrected chi connectivity index (χ1v) is 6.30. The van der Waals surface area contributed by atoms with Crippen molar-refractivity contribution in [1.82, 2.24) is 15.1 Å². The average molecular weight is 254 g/mol. The summed E-state index contributed by atoms with van der Waals surface area (Å²) in [6, 6.07) is 0. The van der Waals surface area contributed by atoms with E-state index in [1.807, 2.05) is 6.92 Å². The first-order chi connectivity index (χ1) is 8.61. The van der Waals surface area contributed by atoms with Crippen LogP contribution in [-0.4, -0.2) is 46.3 Å². The highest BCUT2D eigenvalue weighted by molar-refractivity contribution is 5.97. The number of carbonyl (C=O) groups excluding carboxylic acids is 1. The number of aromatic amines is 1. The minimum absolute atomic E-state index is 0.160. The first-order valence-electron chi connectivity index (χ1n) is 6.30. The maximum Gasteiger partial charge on any atom is 0.276 e. The fourth-order valence-corrected chi connectivity index (χ4v) is 1.74. The van der Waals surface area contributed by atoms with Gasteiger partial charge in [-0.15, -0.1) is 0 Å². The Kier molecular flexibility index (Phi) is 5.64.